The predicted octanol–water partition coefficient (Wildman–Crippen LogP) is 2.05. The van der Waals surface area contributed by atoms with Crippen LogP contribution in [0.5, 0.6) is 5.88 Å². The van der Waals surface area contributed by atoms with Crippen LogP contribution in [-0.4, -0.2) is 29.0 Å². The summed E-state index contributed by atoms with van der Waals surface area (Å²) in [5, 5.41) is 16.7. The molecule has 2 rings (SSSR count). The van der Waals surface area contributed by atoms with Gasteiger partial charge >= 0.3 is 0 Å². The van der Waals surface area contributed by atoms with Gasteiger partial charge in [0.2, 0.25) is 5.88 Å². The molecule has 2 N–H and O–H groups in total. The molecule has 0 aliphatic carbocycles. The second kappa shape index (κ2) is 6.51. The van der Waals surface area contributed by atoms with E-state index in [1.807, 2.05) is 6.07 Å². The van der Waals surface area contributed by atoms with Crippen molar-refractivity contribution in [3.63, 3.8) is 0 Å². The molecule has 0 amide bonds. The highest BCUT2D eigenvalue weighted by molar-refractivity contribution is 5.54. The highest BCUT2D eigenvalue weighted by atomic mass is 16.6. The largest absolute Gasteiger partial charge is 0.481 e. The molecule has 2 aromatic rings. The molecule has 0 unspecified atom stereocenters. The maximum Gasteiger partial charge on any atom is 0.276 e. The van der Waals surface area contributed by atoms with Gasteiger partial charge in [-0.2, -0.15) is 0 Å². The molecule has 0 spiro atoms. The summed E-state index contributed by atoms with van der Waals surface area (Å²) in [6.45, 7) is 0.455. The average molecular weight is 289 g/mol. The number of methoxy groups -OCH3 is 1. The van der Waals surface area contributed by atoms with Gasteiger partial charge in [-0.1, -0.05) is 0 Å². The second-order valence-corrected chi connectivity index (χ2v) is 4.16. The summed E-state index contributed by atoms with van der Waals surface area (Å²) in [4.78, 5) is 18.7. The zero-order valence-corrected chi connectivity index (χ0v) is 11.7. The van der Waals surface area contributed by atoms with E-state index < -0.39 is 4.92 Å². The average Bonchev–Trinajstić information content (AvgIpc) is 2.52. The number of hydrogen-bond donors (Lipinski definition) is 2. The molecule has 2 aromatic heterocycles. The van der Waals surface area contributed by atoms with Crippen LogP contribution in [0.25, 0.3) is 0 Å². The monoisotopic (exact) mass is 289 g/mol. The van der Waals surface area contributed by atoms with E-state index in [0.717, 1.165) is 5.56 Å². The lowest BCUT2D eigenvalue weighted by Gasteiger charge is -2.08. The Kier molecular flexibility index (Phi) is 4.50. The summed E-state index contributed by atoms with van der Waals surface area (Å²) >= 11 is 0. The van der Waals surface area contributed by atoms with E-state index in [1.165, 1.54) is 12.1 Å². The van der Waals surface area contributed by atoms with E-state index in [4.69, 9.17) is 4.74 Å². The van der Waals surface area contributed by atoms with Crippen molar-refractivity contribution in [1.82, 2.24) is 9.97 Å². The van der Waals surface area contributed by atoms with Crippen LogP contribution in [0.15, 0.2) is 30.5 Å². The van der Waals surface area contributed by atoms with Crippen molar-refractivity contribution in [3.8, 4) is 5.88 Å². The molecule has 2 heterocycles. The number of rotatable bonds is 6. The normalized spacial score (nSPS) is 10.0. The van der Waals surface area contributed by atoms with E-state index in [2.05, 4.69) is 20.6 Å². The number of nitro groups is 1. The third kappa shape index (κ3) is 3.78. The lowest BCUT2D eigenvalue weighted by molar-refractivity contribution is -0.384. The van der Waals surface area contributed by atoms with Gasteiger partial charge in [0.15, 0.2) is 0 Å². The highest BCUT2D eigenvalue weighted by Crippen LogP contribution is 2.21. The fourth-order valence-electron chi connectivity index (χ4n) is 1.70. The third-order valence-electron chi connectivity index (χ3n) is 2.76. The van der Waals surface area contributed by atoms with Crippen molar-refractivity contribution in [3.05, 3.63) is 46.1 Å². The molecule has 0 aliphatic rings. The molecule has 8 nitrogen and oxygen atoms in total. The first kappa shape index (κ1) is 14.5. The van der Waals surface area contributed by atoms with Gasteiger partial charge in [0.05, 0.1) is 24.2 Å². The number of ether oxygens (including phenoxy) is 1. The summed E-state index contributed by atoms with van der Waals surface area (Å²) < 4.78 is 5.04. The van der Waals surface area contributed by atoms with Crippen LogP contribution in [-0.2, 0) is 6.54 Å². The van der Waals surface area contributed by atoms with Gasteiger partial charge in [0.1, 0.15) is 11.6 Å². The van der Waals surface area contributed by atoms with Crippen molar-refractivity contribution in [1.29, 1.82) is 0 Å². The molecule has 0 radical (unpaired) electrons. The van der Waals surface area contributed by atoms with Crippen molar-refractivity contribution in [2.45, 2.75) is 6.54 Å². The third-order valence-corrected chi connectivity index (χ3v) is 2.76. The zero-order chi connectivity index (χ0) is 15.2. The van der Waals surface area contributed by atoms with Gasteiger partial charge in [-0.25, -0.2) is 9.97 Å². The fourth-order valence-corrected chi connectivity index (χ4v) is 1.70. The molecule has 0 bridgehead atoms. The van der Waals surface area contributed by atoms with E-state index in [1.54, 1.807) is 26.4 Å². The van der Waals surface area contributed by atoms with Crippen LogP contribution in [0.4, 0.5) is 17.3 Å². The summed E-state index contributed by atoms with van der Waals surface area (Å²) in [6, 6.07) is 6.37. The molecular weight excluding hydrogens is 274 g/mol. The molecule has 110 valence electrons. The summed E-state index contributed by atoms with van der Waals surface area (Å²) in [6.07, 6.45) is 1.63. The van der Waals surface area contributed by atoms with Crippen molar-refractivity contribution in [2.24, 2.45) is 0 Å². The van der Waals surface area contributed by atoms with Crippen LogP contribution in [0, 0.1) is 10.1 Å². The minimum Gasteiger partial charge on any atom is -0.481 e. The van der Waals surface area contributed by atoms with Crippen molar-refractivity contribution >= 4 is 17.3 Å². The van der Waals surface area contributed by atoms with Crippen molar-refractivity contribution in [2.75, 3.05) is 24.8 Å². The predicted molar refractivity (Wildman–Crippen MR) is 78.6 cm³/mol. The van der Waals surface area contributed by atoms with E-state index in [9.17, 15) is 10.1 Å². The maximum absolute atomic E-state index is 10.9. The van der Waals surface area contributed by atoms with Gasteiger partial charge in [-0.05, 0) is 11.6 Å². The molecule has 21 heavy (non-hydrogen) atoms. The Bertz CT molecular complexity index is 647. The Labute approximate surface area is 121 Å². The number of pyridine rings is 2. The van der Waals surface area contributed by atoms with Crippen LogP contribution in [0.3, 0.4) is 0 Å². The van der Waals surface area contributed by atoms with Crippen LogP contribution in [0.2, 0.25) is 0 Å². The van der Waals surface area contributed by atoms with E-state index in [-0.39, 0.29) is 5.69 Å². The second-order valence-electron chi connectivity index (χ2n) is 4.16. The molecule has 0 saturated carbocycles. The Morgan fingerprint density at radius 3 is 2.76 bits per heavy atom. The number of aromatic nitrogens is 2. The zero-order valence-electron chi connectivity index (χ0n) is 11.7. The van der Waals surface area contributed by atoms with Crippen LogP contribution in [0.1, 0.15) is 5.56 Å². The smallest absolute Gasteiger partial charge is 0.276 e. The topological polar surface area (TPSA) is 102 Å². The number of nitrogens with zero attached hydrogens (tertiary/aromatic N) is 3. The van der Waals surface area contributed by atoms with E-state index in [0.29, 0.717) is 24.1 Å². The highest BCUT2D eigenvalue weighted by Gasteiger charge is 2.10. The molecule has 0 atom stereocenters. The molecule has 8 heteroatoms. The number of hydrogen-bond acceptors (Lipinski definition) is 7. The quantitative estimate of drug-likeness (QED) is 0.619. The van der Waals surface area contributed by atoms with Crippen molar-refractivity contribution < 1.29 is 9.66 Å². The standard InChI is InChI=1S/C13H15N5O3/c1-14-11-6-10(18(19)20)7-12(17-11)16-8-9-3-4-15-13(5-9)21-2/h3-7H,8H2,1-2H3,(H2,14,16,17). The molecular formula is C13H15N5O3. The van der Waals surface area contributed by atoms with E-state index >= 15 is 0 Å². The Morgan fingerprint density at radius 2 is 2.10 bits per heavy atom. The Hall–Kier alpha value is -2.90. The van der Waals surface area contributed by atoms with Gasteiger partial charge < -0.3 is 15.4 Å². The van der Waals surface area contributed by atoms with Crippen LogP contribution >= 0.6 is 0 Å². The number of anilines is 2. The van der Waals surface area contributed by atoms with Gasteiger partial charge in [-0.15, -0.1) is 0 Å². The van der Waals surface area contributed by atoms with Crippen LogP contribution < -0.4 is 15.4 Å². The van der Waals surface area contributed by atoms with Gasteiger partial charge in [-0.3, -0.25) is 10.1 Å². The van der Waals surface area contributed by atoms with Gasteiger partial charge in [0, 0.05) is 25.9 Å². The lowest BCUT2D eigenvalue weighted by atomic mass is 10.2. The minimum atomic E-state index is -0.455. The number of nitrogens with one attached hydrogen (secondary N) is 2. The molecule has 0 aromatic carbocycles. The fraction of sp³-hybridized carbons (Fsp3) is 0.231. The first-order valence-corrected chi connectivity index (χ1v) is 6.19. The maximum atomic E-state index is 10.9. The Balaban J connectivity index is 2.15. The summed E-state index contributed by atoms with van der Waals surface area (Å²) in [5.41, 5.74) is 0.908. The van der Waals surface area contributed by atoms with Gasteiger partial charge in [0.25, 0.3) is 5.69 Å². The molecule has 0 fully saturated rings. The molecule has 0 saturated heterocycles. The molecule has 0 aliphatic heterocycles. The Morgan fingerprint density at radius 1 is 1.33 bits per heavy atom. The first-order chi connectivity index (χ1) is 10.1. The SMILES string of the molecule is CNc1cc([N+](=O)[O-])cc(NCc2ccnc(OC)c2)n1. The lowest BCUT2D eigenvalue weighted by Crippen LogP contribution is -2.04. The first-order valence-electron chi connectivity index (χ1n) is 6.19. The summed E-state index contributed by atoms with van der Waals surface area (Å²) in [5.74, 6) is 1.36. The summed E-state index contributed by atoms with van der Waals surface area (Å²) in [7, 11) is 3.20. The minimum absolute atomic E-state index is 0.0239.